The number of allylic oxidation sites excluding steroid dienone is 2. The Morgan fingerprint density at radius 2 is 2.09 bits per heavy atom. The highest BCUT2D eigenvalue weighted by atomic mass is 16.3. The van der Waals surface area contributed by atoms with E-state index in [1.165, 1.54) is 0 Å². The van der Waals surface area contributed by atoms with Crippen molar-refractivity contribution >= 4 is 6.21 Å². The summed E-state index contributed by atoms with van der Waals surface area (Å²) < 4.78 is 0. The normalized spacial score (nSPS) is 10.7. The number of hydrogen-bond donors (Lipinski definition) is 1. The third-order valence-electron chi connectivity index (χ3n) is 0.809. The Hall–Kier alpha value is -0.890. The minimum Gasteiger partial charge on any atom is -0.392 e. The fourth-order valence-electron chi connectivity index (χ4n) is 0.454. The van der Waals surface area contributed by atoms with Gasteiger partial charge in [-0.25, -0.2) is 0 Å². The van der Waals surface area contributed by atoms with Crippen LogP contribution in [0.3, 0.4) is 0 Å². The Bertz CT molecular complexity index is 136. The van der Waals surface area contributed by atoms with Crippen molar-refractivity contribution in [1.29, 1.82) is 0 Å². The van der Waals surface area contributed by atoms with E-state index in [4.69, 9.17) is 5.11 Å². The van der Waals surface area contributed by atoms with E-state index in [-0.39, 0.29) is 6.61 Å². The molecule has 0 aliphatic carbocycles. The van der Waals surface area contributed by atoms with E-state index in [1.807, 2.05) is 13.8 Å². The summed E-state index contributed by atoms with van der Waals surface area (Å²) in [5, 5.41) is 8.58. The van der Waals surface area contributed by atoms with Crippen molar-refractivity contribution in [2.75, 3.05) is 13.7 Å². The molecule has 2 heteroatoms. The molecular formula is C9H17NO. The highest BCUT2D eigenvalue weighted by Crippen LogP contribution is 1.87. The number of rotatable bonds is 3. The minimum absolute atomic E-state index is 0.0172. The van der Waals surface area contributed by atoms with Crippen LogP contribution in [0.1, 0.15) is 13.8 Å². The van der Waals surface area contributed by atoms with Crippen LogP contribution in [-0.4, -0.2) is 25.0 Å². The zero-order valence-corrected chi connectivity index (χ0v) is 7.54. The molecule has 0 aliphatic rings. The van der Waals surface area contributed by atoms with Crippen LogP contribution in [0.2, 0.25) is 0 Å². The second-order valence-electron chi connectivity index (χ2n) is 1.52. The summed E-state index contributed by atoms with van der Waals surface area (Å²) in [6.45, 7) is 7.50. The monoisotopic (exact) mass is 155 g/mol. The van der Waals surface area contributed by atoms with Gasteiger partial charge in [0, 0.05) is 13.3 Å². The van der Waals surface area contributed by atoms with Crippen LogP contribution in [0.4, 0.5) is 0 Å². The molecule has 0 saturated heterocycles. The molecule has 0 unspecified atom stereocenters. The molecule has 0 aromatic carbocycles. The van der Waals surface area contributed by atoms with Gasteiger partial charge in [-0.05, 0) is 5.57 Å². The topological polar surface area (TPSA) is 32.6 Å². The van der Waals surface area contributed by atoms with Crippen LogP contribution in [0, 0.1) is 0 Å². The zero-order valence-electron chi connectivity index (χ0n) is 7.54. The van der Waals surface area contributed by atoms with E-state index in [0.29, 0.717) is 0 Å². The van der Waals surface area contributed by atoms with Gasteiger partial charge in [-0.2, -0.15) is 0 Å². The Kier molecular flexibility index (Phi) is 13.7. The molecule has 0 aromatic rings. The van der Waals surface area contributed by atoms with Gasteiger partial charge in [-0.15, -0.1) is 0 Å². The maximum absolute atomic E-state index is 8.58. The fourth-order valence-corrected chi connectivity index (χ4v) is 0.454. The minimum atomic E-state index is 0.0172. The molecule has 0 saturated carbocycles. The third-order valence-corrected chi connectivity index (χ3v) is 0.809. The molecule has 0 spiro atoms. The molecule has 0 heterocycles. The first-order valence-electron chi connectivity index (χ1n) is 3.69. The lowest BCUT2D eigenvalue weighted by Gasteiger charge is -1.89. The predicted molar refractivity (Wildman–Crippen MR) is 51.1 cm³/mol. The molecule has 64 valence electrons. The molecule has 11 heavy (non-hydrogen) atoms. The van der Waals surface area contributed by atoms with Gasteiger partial charge in [0.15, 0.2) is 0 Å². The SMILES string of the molecule is C=C/C=C(\C=NC)CO.CC. The van der Waals surface area contributed by atoms with Crippen LogP contribution in [-0.2, 0) is 0 Å². The van der Waals surface area contributed by atoms with E-state index in [1.54, 1.807) is 25.4 Å². The number of hydrogen-bond acceptors (Lipinski definition) is 2. The maximum Gasteiger partial charge on any atom is 0.0696 e. The van der Waals surface area contributed by atoms with Gasteiger partial charge < -0.3 is 5.11 Å². The Labute approximate surface area is 69.0 Å². The summed E-state index contributed by atoms with van der Waals surface area (Å²) in [5.41, 5.74) is 0.771. The van der Waals surface area contributed by atoms with Crippen molar-refractivity contribution in [2.24, 2.45) is 4.99 Å². The van der Waals surface area contributed by atoms with Crippen molar-refractivity contribution in [1.82, 2.24) is 0 Å². The van der Waals surface area contributed by atoms with E-state index < -0.39 is 0 Å². The summed E-state index contributed by atoms with van der Waals surface area (Å²) in [7, 11) is 1.66. The summed E-state index contributed by atoms with van der Waals surface area (Å²) in [6.07, 6.45) is 4.93. The van der Waals surface area contributed by atoms with Gasteiger partial charge >= 0.3 is 0 Å². The van der Waals surface area contributed by atoms with E-state index in [9.17, 15) is 0 Å². The second-order valence-corrected chi connectivity index (χ2v) is 1.52. The van der Waals surface area contributed by atoms with Crippen molar-refractivity contribution in [3.8, 4) is 0 Å². The lowest BCUT2D eigenvalue weighted by molar-refractivity contribution is 0.337. The van der Waals surface area contributed by atoms with Crippen molar-refractivity contribution in [3.63, 3.8) is 0 Å². The molecule has 0 aliphatic heterocycles. The van der Waals surface area contributed by atoms with Gasteiger partial charge in [0.25, 0.3) is 0 Å². The number of nitrogens with zero attached hydrogens (tertiary/aromatic N) is 1. The quantitative estimate of drug-likeness (QED) is 0.489. The first kappa shape index (κ1) is 12.8. The highest BCUT2D eigenvalue weighted by molar-refractivity contribution is 5.79. The van der Waals surface area contributed by atoms with Crippen LogP contribution in [0.5, 0.6) is 0 Å². The molecule has 0 radical (unpaired) electrons. The van der Waals surface area contributed by atoms with Crippen LogP contribution in [0.25, 0.3) is 0 Å². The Morgan fingerprint density at radius 1 is 1.55 bits per heavy atom. The standard InChI is InChI=1S/C7H11NO.C2H6/c1-3-4-7(6-9)5-8-2;1-2/h3-5,9H,1,6H2,2H3;1-2H3/b7-4+,8-5?;. The largest absolute Gasteiger partial charge is 0.392 e. The number of aliphatic imine (C=N–C) groups is 1. The highest BCUT2D eigenvalue weighted by Gasteiger charge is 1.83. The fraction of sp³-hybridized carbons (Fsp3) is 0.444. The Morgan fingerprint density at radius 3 is 2.36 bits per heavy atom. The smallest absolute Gasteiger partial charge is 0.0696 e. The molecular weight excluding hydrogens is 138 g/mol. The molecule has 1 N–H and O–H groups in total. The lowest BCUT2D eigenvalue weighted by atomic mass is 10.3. The lowest BCUT2D eigenvalue weighted by Crippen LogP contribution is -1.89. The van der Waals surface area contributed by atoms with E-state index >= 15 is 0 Å². The van der Waals surface area contributed by atoms with E-state index in [0.717, 1.165) is 5.57 Å². The maximum atomic E-state index is 8.58. The van der Waals surface area contributed by atoms with Gasteiger partial charge in [0.05, 0.1) is 6.61 Å². The van der Waals surface area contributed by atoms with Crippen molar-refractivity contribution in [2.45, 2.75) is 13.8 Å². The molecule has 0 fully saturated rings. The average Bonchev–Trinajstić information content (AvgIpc) is 2.08. The summed E-state index contributed by atoms with van der Waals surface area (Å²) in [5.74, 6) is 0. The van der Waals surface area contributed by atoms with Crippen LogP contribution < -0.4 is 0 Å². The average molecular weight is 155 g/mol. The predicted octanol–water partition coefficient (Wildman–Crippen LogP) is 1.82. The first-order valence-corrected chi connectivity index (χ1v) is 3.69. The summed E-state index contributed by atoms with van der Waals surface area (Å²) in [4.78, 5) is 3.72. The van der Waals surface area contributed by atoms with Gasteiger partial charge in [0.2, 0.25) is 0 Å². The summed E-state index contributed by atoms with van der Waals surface area (Å²) >= 11 is 0. The molecule has 0 rings (SSSR count). The molecule has 0 aromatic heterocycles. The summed E-state index contributed by atoms with van der Waals surface area (Å²) in [6, 6.07) is 0. The number of aliphatic hydroxyl groups excluding tert-OH is 1. The number of aliphatic hydroxyl groups is 1. The molecule has 0 amide bonds. The van der Waals surface area contributed by atoms with Crippen LogP contribution >= 0.6 is 0 Å². The van der Waals surface area contributed by atoms with Crippen molar-refractivity contribution in [3.05, 3.63) is 24.3 Å². The Balaban J connectivity index is 0. The zero-order chi connectivity index (χ0) is 9.11. The van der Waals surface area contributed by atoms with Gasteiger partial charge in [0.1, 0.15) is 0 Å². The van der Waals surface area contributed by atoms with Crippen molar-refractivity contribution < 1.29 is 5.11 Å². The molecule has 2 nitrogen and oxygen atoms in total. The van der Waals surface area contributed by atoms with Gasteiger partial charge in [-0.3, -0.25) is 4.99 Å². The first-order chi connectivity index (χ1) is 5.35. The van der Waals surface area contributed by atoms with Crippen LogP contribution in [0.15, 0.2) is 29.3 Å². The molecule has 0 bridgehead atoms. The second kappa shape index (κ2) is 11.9. The third kappa shape index (κ3) is 9.11. The molecule has 0 atom stereocenters. The van der Waals surface area contributed by atoms with Gasteiger partial charge in [-0.1, -0.05) is 32.6 Å². The van der Waals surface area contributed by atoms with E-state index in [2.05, 4.69) is 11.6 Å².